The second kappa shape index (κ2) is 8.42. The highest BCUT2D eigenvalue weighted by atomic mass is 16.3. The first-order valence-corrected chi connectivity index (χ1v) is 10.5. The second-order valence-electron chi connectivity index (χ2n) is 8.26. The maximum atomic E-state index is 13.0. The third-order valence-electron chi connectivity index (χ3n) is 6.21. The first-order chi connectivity index (χ1) is 14.5. The fraction of sp³-hybridized carbons (Fsp3) is 0.333. The van der Waals surface area contributed by atoms with Crippen molar-refractivity contribution < 1.29 is 19.8 Å². The largest absolute Gasteiger partial charge is 0.382 e. The lowest BCUT2D eigenvalue weighted by molar-refractivity contribution is -0.900. The predicted octanol–water partition coefficient (Wildman–Crippen LogP) is 1.22. The van der Waals surface area contributed by atoms with Crippen LogP contribution >= 0.6 is 0 Å². The van der Waals surface area contributed by atoms with Crippen molar-refractivity contribution in [3.8, 4) is 0 Å². The number of H-pyrrole nitrogens is 1. The monoisotopic (exact) mass is 406 g/mol. The van der Waals surface area contributed by atoms with Crippen LogP contribution in [0.4, 0.5) is 11.5 Å². The molecular formula is C24H30N4O2+2. The number of para-hydroxylation sites is 1. The highest BCUT2D eigenvalue weighted by Crippen LogP contribution is 2.34. The zero-order valence-corrected chi connectivity index (χ0v) is 17.8. The predicted molar refractivity (Wildman–Crippen MR) is 119 cm³/mol. The number of amides is 1. The minimum absolute atomic E-state index is 0.0484. The topological polar surface area (TPSA) is 71.1 Å². The molecule has 0 radical (unpaired) electrons. The molecule has 6 heteroatoms. The first-order valence-electron chi connectivity index (χ1n) is 10.5. The number of anilines is 2. The Bertz CT molecular complexity index is 1050. The fourth-order valence-electron chi connectivity index (χ4n) is 4.20. The summed E-state index contributed by atoms with van der Waals surface area (Å²) in [5, 5.41) is 14.9. The van der Waals surface area contributed by atoms with Crippen LogP contribution in [0.25, 0.3) is 10.9 Å². The van der Waals surface area contributed by atoms with Crippen LogP contribution in [-0.2, 0) is 11.2 Å². The Balaban J connectivity index is 1.53. The molecule has 0 spiro atoms. The summed E-state index contributed by atoms with van der Waals surface area (Å²) in [6.45, 7) is 3.18. The normalized spacial score (nSPS) is 16.2. The van der Waals surface area contributed by atoms with Gasteiger partial charge in [-0.05, 0) is 24.6 Å². The number of nitrogens with one attached hydrogen (secondary N) is 3. The van der Waals surface area contributed by atoms with E-state index in [0.29, 0.717) is 0 Å². The number of fused-ring (bicyclic) bond motifs is 2. The summed E-state index contributed by atoms with van der Waals surface area (Å²) < 4.78 is 0. The van der Waals surface area contributed by atoms with E-state index in [0.717, 1.165) is 51.4 Å². The smallest absolute Gasteiger partial charge is 0.280 e. The Kier molecular flexibility index (Phi) is 5.70. The zero-order chi connectivity index (χ0) is 21.3. The lowest BCUT2D eigenvalue weighted by atomic mass is 10.0. The lowest BCUT2D eigenvalue weighted by Gasteiger charge is -2.26. The number of benzene rings is 2. The molecule has 3 atom stereocenters. The Labute approximate surface area is 177 Å². The summed E-state index contributed by atoms with van der Waals surface area (Å²) in [6.07, 6.45) is 0.276. The number of quaternary nitrogens is 1. The van der Waals surface area contributed by atoms with Gasteiger partial charge >= 0.3 is 0 Å². The molecule has 3 aromatic rings. The molecule has 30 heavy (non-hydrogen) atoms. The number of pyridine rings is 1. The molecule has 2 aromatic carbocycles. The number of carbonyl (C=O) groups excluding carboxylic acids is 1. The van der Waals surface area contributed by atoms with Gasteiger partial charge in [-0.1, -0.05) is 42.5 Å². The van der Waals surface area contributed by atoms with Crippen LogP contribution in [0.5, 0.6) is 0 Å². The number of aromatic amines is 1. The summed E-state index contributed by atoms with van der Waals surface area (Å²) >= 11 is 0. The lowest BCUT2D eigenvalue weighted by Crippen LogP contribution is -3.14. The van der Waals surface area contributed by atoms with Crippen LogP contribution in [0.1, 0.15) is 24.2 Å². The van der Waals surface area contributed by atoms with Gasteiger partial charge in [0.15, 0.2) is 6.54 Å². The van der Waals surface area contributed by atoms with Crippen LogP contribution in [0, 0.1) is 0 Å². The minimum atomic E-state index is -0.621. The first kappa shape index (κ1) is 20.3. The zero-order valence-electron chi connectivity index (χ0n) is 17.8. The number of hydrogen-bond acceptors (Lipinski definition) is 3. The summed E-state index contributed by atoms with van der Waals surface area (Å²) in [5.74, 6) is 1.02. The average molecular weight is 407 g/mol. The van der Waals surface area contributed by atoms with Crippen LogP contribution in [0.3, 0.4) is 0 Å². The van der Waals surface area contributed by atoms with E-state index >= 15 is 0 Å². The number of rotatable bonds is 6. The maximum absolute atomic E-state index is 13.0. The van der Waals surface area contributed by atoms with Crippen molar-refractivity contribution in [2.45, 2.75) is 25.5 Å². The van der Waals surface area contributed by atoms with Gasteiger partial charge in [-0.3, -0.25) is 9.69 Å². The van der Waals surface area contributed by atoms with Gasteiger partial charge in [0.2, 0.25) is 0 Å². The number of carbonyl (C=O) groups is 1. The third kappa shape index (κ3) is 3.88. The number of nitrogens with zero attached hydrogens (tertiary/aromatic N) is 1. The standard InChI is InChI=1S/C24H28N4O2/c1-16(23(30)17-9-5-4-6-10-17)28(3)15-21(29)26-22-18-11-7-8-12-20(18)25-24-19(22)13-14-27(24)2/h4-12,16,23,30H,13-15H2,1-3H3,(H,25,26,29)/p+2/t16-,23-/m0/s1. The molecule has 1 aliphatic rings. The summed E-state index contributed by atoms with van der Waals surface area (Å²) in [4.78, 5) is 19.6. The Morgan fingerprint density at radius 3 is 2.67 bits per heavy atom. The van der Waals surface area contributed by atoms with E-state index in [1.165, 1.54) is 0 Å². The maximum Gasteiger partial charge on any atom is 0.280 e. The van der Waals surface area contributed by atoms with Gasteiger partial charge in [-0.2, -0.15) is 0 Å². The molecule has 1 unspecified atom stereocenters. The van der Waals surface area contributed by atoms with Crippen molar-refractivity contribution in [3.05, 3.63) is 65.7 Å². The van der Waals surface area contributed by atoms with Crippen LogP contribution in [0.15, 0.2) is 54.6 Å². The van der Waals surface area contributed by atoms with Crippen molar-refractivity contribution >= 4 is 28.3 Å². The van der Waals surface area contributed by atoms with Crippen molar-refractivity contribution in [2.24, 2.45) is 0 Å². The van der Waals surface area contributed by atoms with E-state index in [1.807, 2.05) is 68.6 Å². The molecule has 156 valence electrons. The molecule has 0 saturated heterocycles. The van der Waals surface area contributed by atoms with E-state index in [1.54, 1.807) is 0 Å². The summed E-state index contributed by atoms with van der Waals surface area (Å²) in [5.41, 5.74) is 3.93. The van der Waals surface area contributed by atoms with Gasteiger partial charge < -0.3 is 15.3 Å². The quantitative estimate of drug-likeness (QED) is 0.577. The average Bonchev–Trinajstić information content (AvgIpc) is 3.13. The van der Waals surface area contributed by atoms with E-state index in [4.69, 9.17) is 0 Å². The number of likely N-dealkylation sites (N-methyl/N-ethyl adjacent to an activating group) is 2. The van der Waals surface area contributed by atoms with E-state index in [2.05, 4.69) is 22.2 Å². The molecule has 6 nitrogen and oxygen atoms in total. The number of aromatic nitrogens is 1. The molecule has 0 bridgehead atoms. The van der Waals surface area contributed by atoms with Gasteiger partial charge in [-0.15, -0.1) is 0 Å². The number of aliphatic hydroxyl groups is 1. The second-order valence-corrected chi connectivity index (χ2v) is 8.26. The minimum Gasteiger partial charge on any atom is -0.382 e. The van der Waals surface area contributed by atoms with Gasteiger partial charge in [0, 0.05) is 11.8 Å². The summed E-state index contributed by atoms with van der Waals surface area (Å²) in [7, 11) is 4.01. The molecular weight excluding hydrogens is 376 g/mol. The van der Waals surface area contributed by atoms with E-state index in [-0.39, 0.29) is 18.5 Å². The molecule has 1 aromatic heterocycles. The molecule has 4 rings (SSSR count). The van der Waals surface area contributed by atoms with Crippen LogP contribution in [0.2, 0.25) is 0 Å². The van der Waals surface area contributed by atoms with Crippen molar-refractivity contribution in [1.29, 1.82) is 0 Å². The van der Waals surface area contributed by atoms with Crippen LogP contribution < -0.4 is 20.1 Å². The molecule has 0 fully saturated rings. The van der Waals surface area contributed by atoms with Gasteiger partial charge in [0.1, 0.15) is 17.7 Å². The molecule has 0 aliphatic carbocycles. The number of hydrogen-bond donors (Lipinski definition) is 3. The van der Waals surface area contributed by atoms with E-state index in [9.17, 15) is 9.90 Å². The highest BCUT2D eigenvalue weighted by Gasteiger charge is 2.31. The SMILES string of the molecule is C[C@@H]([C@H](O)c1ccccc1)[NH+](C)CC(=O)Nc1c2c([nH+]c3ccccc13)N(C)CC2. The molecule has 2 heterocycles. The van der Waals surface area contributed by atoms with Gasteiger partial charge in [0.25, 0.3) is 11.7 Å². The Morgan fingerprint density at radius 1 is 1.20 bits per heavy atom. The molecule has 1 amide bonds. The van der Waals surface area contributed by atoms with Gasteiger partial charge in [-0.25, -0.2) is 4.98 Å². The fourth-order valence-corrected chi connectivity index (χ4v) is 4.20. The highest BCUT2D eigenvalue weighted by molar-refractivity contribution is 6.03. The molecule has 0 saturated carbocycles. The van der Waals surface area contributed by atoms with Gasteiger partial charge in [0.05, 0.1) is 31.9 Å². The van der Waals surface area contributed by atoms with E-state index < -0.39 is 6.10 Å². The third-order valence-corrected chi connectivity index (χ3v) is 6.21. The van der Waals surface area contributed by atoms with Crippen LogP contribution in [-0.4, -0.2) is 44.2 Å². The Morgan fingerprint density at radius 2 is 1.90 bits per heavy atom. The molecule has 1 aliphatic heterocycles. The summed E-state index contributed by atoms with van der Waals surface area (Å²) in [6, 6.07) is 17.6. The number of aliphatic hydroxyl groups excluding tert-OH is 1. The van der Waals surface area contributed by atoms with Crippen molar-refractivity contribution in [3.63, 3.8) is 0 Å². The molecule has 4 N–H and O–H groups in total. The van der Waals surface area contributed by atoms with Crippen molar-refractivity contribution in [1.82, 2.24) is 0 Å². The Hall–Kier alpha value is -2.96. The van der Waals surface area contributed by atoms with Crippen molar-refractivity contribution in [2.75, 3.05) is 37.4 Å².